The molecule has 0 unspecified atom stereocenters. The molecular formula is C70H69BrN14O6. The fourth-order valence-corrected chi connectivity index (χ4v) is 12.2. The minimum atomic E-state index is -1.05. The standard InChI is InChI=1S/C70H69BrN14O6/c1-36(2)57-65-76-61-40(9)84(65)34-43-22-26-52(63-49(43)18-14-28-72-63)90-55-32-45(30-51(74-55)42-20-24-48(25-21-42)83-82-47-16-12-11-13-17-47)46-31-54(71)75-56(33-46)91-53-27-23-44(50-19-15-29-73-64(50)53)35-85-41(10)62(70(89)81-59(38(5)6)67(86)78-57)77-66(85)58(37(3)4)79-68(87)60(39(7)8)80-69(61)88/h11-33,36-39,57-60H,34-35H2,1-10H3,(H,78,86)(H,79,87)(H,80,88)(H,81,89)/t57-,58-,59-,60-/m0/s1. The Balaban J connectivity index is 1.08. The van der Waals surface area contributed by atoms with Crippen molar-refractivity contribution in [2.75, 3.05) is 0 Å². The molecule has 11 heterocycles. The number of imidazole rings is 2. The summed E-state index contributed by atoms with van der Waals surface area (Å²) in [7, 11) is 0. The van der Waals surface area contributed by atoms with Gasteiger partial charge in [-0.25, -0.2) is 19.9 Å². The number of pyridine rings is 4. The summed E-state index contributed by atoms with van der Waals surface area (Å²) in [4.78, 5) is 90.1. The number of aromatic nitrogens is 8. The number of ether oxygens (including phenoxy) is 2. The molecule has 0 aliphatic carbocycles. The third-order valence-electron chi connectivity index (χ3n) is 16.7. The van der Waals surface area contributed by atoms with Crippen LogP contribution in [0, 0.1) is 37.5 Å². The van der Waals surface area contributed by atoms with Crippen molar-refractivity contribution in [2.45, 2.75) is 106 Å². The molecule has 462 valence electrons. The molecule has 0 spiro atoms. The molecule has 5 aliphatic heterocycles. The highest BCUT2D eigenvalue weighted by atomic mass is 79.9. The molecule has 20 nitrogen and oxygen atoms in total. The maximum absolute atomic E-state index is 15.1. The quantitative estimate of drug-likeness (QED) is 0.0859. The third-order valence-corrected chi connectivity index (χ3v) is 17.1. The van der Waals surface area contributed by atoms with Crippen LogP contribution in [0.25, 0.3) is 44.2 Å². The average molecular weight is 1280 g/mol. The van der Waals surface area contributed by atoms with Gasteiger partial charge < -0.3 is 39.9 Å². The summed E-state index contributed by atoms with van der Waals surface area (Å²) in [6.07, 6.45) is 3.38. The molecule has 0 saturated carbocycles. The second-order valence-corrected chi connectivity index (χ2v) is 25.3. The Kier molecular flexibility index (Phi) is 17.1. The number of amides is 4. The number of hydrogen-bond acceptors (Lipinski definition) is 14. The van der Waals surface area contributed by atoms with Crippen LogP contribution < -0.4 is 30.7 Å². The predicted molar refractivity (Wildman–Crippen MR) is 351 cm³/mol. The van der Waals surface area contributed by atoms with Gasteiger partial charge in [0, 0.05) is 65.3 Å². The Morgan fingerprint density at radius 1 is 0.484 bits per heavy atom. The average Bonchev–Trinajstić information content (AvgIpc) is 1.97. The Morgan fingerprint density at radius 3 is 1.41 bits per heavy atom. The van der Waals surface area contributed by atoms with Crippen LogP contribution in [0.2, 0.25) is 0 Å². The first-order valence-electron chi connectivity index (χ1n) is 30.5. The zero-order valence-electron chi connectivity index (χ0n) is 52.1. The molecular weight excluding hydrogens is 1210 g/mol. The van der Waals surface area contributed by atoms with Gasteiger partial charge in [0.05, 0.1) is 29.2 Å². The lowest BCUT2D eigenvalue weighted by molar-refractivity contribution is -0.125. The minimum Gasteiger partial charge on any atom is -0.437 e. The van der Waals surface area contributed by atoms with E-state index in [2.05, 4.69) is 47.4 Å². The molecule has 0 saturated heterocycles. The lowest BCUT2D eigenvalue weighted by Crippen LogP contribution is -2.52. The lowest BCUT2D eigenvalue weighted by atomic mass is 9.99. The summed E-state index contributed by atoms with van der Waals surface area (Å²) in [6.45, 7) is 19.2. The summed E-state index contributed by atoms with van der Waals surface area (Å²) in [5.74, 6) is -1.29. The molecule has 10 aromatic rings. The number of benzene rings is 4. The molecule has 6 aromatic heterocycles. The van der Waals surface area contributed by atoms with E-state index in [-0.39, 0.29) is 48.1 Å². The molecule has 0 radical (unpaired) electrons. The Labute approximate surface area is 534 Å². The van der Waals surface area contributed by atoms with Crippen LogP contribution in [0.1, 0.15) is 123 Å². The highest BCUT2D eigenvalue weighted by Crippen LogP contribution is 2.40. The summed E-state index contributed by atoms with van der Waals surface area (Å²) >= 11 is 3.70. The summed E-state index contributed by atoms with van der Waals surface area (Å²) in [5, 5.41) is 23.0. The second kappa shape index (κ2) is 25.5. The zero-order valence-corrected chi connectivity index (χ0v) is 53.7. The Bertz CT molecular complexity index is 4500. The molecule has 4 N–H and O–H groups in total. The number of carbonyl (C=O) groups excluding carboxylic acids is 4. The highest BCUT2D eigenvalue weighted by Gasteiger charge is 2.37. The maximum Gasteiger partial charge on any atom is 0.272 e. The van der Waals surface area contributed by atoms with Crippen LogP contribution in [0.5, 0.6) is 23.3 Å². The van der Waals surface area contributed by atoms with Crippen molar-refractivity contribution in [3.05, 3.63) is 190 Å². The van der Waals surface area contributed by atoms with Gasteiger partial charge in [0.25, 0.3) is 11.8 Å². The number of halogens is 1. The van der Waals surface area contributed by atoms with Crippen molar-refractivity contribution in [1.82, 2.24) is 60.3 Å². The number of nitrogens with one attached hydrogen (secondary N) is 4. The highest BCUT2D eigenvalue weighted by molar-refractivity contribution is 9.10. The first kappa shape index (κ1) is 61.2. The van der Waals surface area contributed by atoms with E-state index in [1.165, 1.54) is 0 Å². The lowest BCUT2D eigenvalue weighted by Gasteiger charge is -2.28. The number of azo groups is 1. The van der Waals surface area contributed by atoms with E-state index in [0.29, 0.717) is 61.6 Å². The van der Waals surface area contributed by atoms with E-state index in [1.54, 1.807) is 12.4 Å². The number of carbonyl (C=O) groups is 4. The third kappa shape index (κ3) is 12.5. The van der Waals surface area contributed by atoms with E-state index in [9.17, 15) is 0 Å². The van der Waals surface area contributed by atoms with Gasteiger partial charge in [-0.1, -0.05) is 110 Å². The van der Waals surface area contributed by atoms with E-state index < -0.39 is 59.6 Å². The smallest absolute Gasteiger partial charge is 0.272 e. The number of rotatable bonds is 7. The number of hydrogen-bond donors (Lipinski definition) is 4. The summed E-state index contributed by atoms with van der Waals surface area (Å²) < 4.78 is 18.0. The van der Waals surface area contributed by atoms with Crippen molar-refractivity contribution in [3.63, 3.8) is 0 Å². The van der Waals surface area contributed by atoms with E-state index in [4.69, 9.17) is 39.4 Å². The van der Waals surface area contributed by atoms with Crippen molar-refractivity contribution in [3.8, 4) is 45.6 Å². The molecule has 14 bridgehead atoms. The summed E-state index contributed by atoms with van der Waals surface area (Å²) in [5.41, 5.74) is 7.99. The topological polar surface area (TPSA) is 247 Å². The Hall–Kier alpha value is -10.0. The van der Waals surface area contributed by atoms with Crippen molar-refractivity contribution in [2.24, 2.45) is 33.9 Å². The van der Waals surface area contributed by atoms with Gasteiger partial charge in [0.2, 0.25) is 23.6 Å². The molecule has 4 atom stereocenters. The molecule has 4 aromatic carbocycles. The van der Waals surface area contributed by atoms with Gasteiger partial charge in [0.1, 0.15) is 50.8 Å². The fourth-order valence-electron chi connectivity index (χ4n) is 11.7. The monoisotopic (exact) mass is 1280 g/mol. The van der Waals surface area contributed by atoms with Gasteiger partial charge in [-0.3, -0.25) is 29.1 Å². The molecule has 0 fully saturated rings. The van der Waals surface area contributed by atoms with Crippen LogP contribution in [0.4, 0.5) is 11.4 Å². The summed E-state index contributed by atoms with van der Waals surface area (Å²) in [6, 6.07) is 36.2. The fraction of sp³-hybridized carbons (Fsp3) is 0.286. The van der Waals surface area contributed by atoms with Gasteiger partial charge in [0.15, 0.2) is 11.5 Å². The SMILES string of the molecule is Cc1c2nc3n1Cc1ccc(c4ncccc14)Oc1cc(cc(Br)n1)-c1cc(nc(-c4ccc(N=Nc5ccccc5)cc4)c1)Oc1ccc(c4cccnc14)Cn1c(nc(c1C)C(=O)N[C@@H](C(C)C)C(=O)N[C@H]3C(C)C)[C@H](C(C)C)NC(=O)[C@H](C(C)C)NC2=O. The Morgan fingerprint density at radius 2 is 0.934 bits per heavy atom. The molecule has 21 heteroatoms. The zero-order chi connectivity index (χ0) is 63.9. The molecule has 5 aliphatic rings. The van der Waals surface area contributed by atoms with Crippen LogP contribution in [-0.2, 0) is 22.7 Å². The van der Waals surface area contributed by atoms with E-state index in [1.807, 2.05) is 206 Å². The largest absolute Gasteiger partial charge is 0.437 e. The molecule has 15 rings (SSSR count). The van der Waals surface area contributed by atoms with Crippen LogP contribution in [-0.4, -0.2) is 74.8 Å². The molecule has 4 amide bonds. The first-order chi connectivity index (χ1) is 43.8. The van der Waals surface area contributed by atoms with Crippen molar-refractivity contribution in [1.29, 1.82) is 0 Å². The van der Waals surface area contributed by atoms with Crippen molar-refractivity contribution >= 4 is 72.7 Å². The van der Waals surface area contributed by atoms with Gasteiger partial charge in [-0.2, -0.15) is 10.2 Å². The normalized spacial score (nSPS) is 17.4. The van der Waals surface area contributed by atoms with Gasteiger partial charge in [-0.05, 0) is 136 Å². The van der Waals surface area contributed by atoms with Crippen LogP contribution >= 0.6 is 15.9 Å². The first-order valence-corrected chi connectivity index (χ1v) is 31.3. The van der Waals surface area contributed by atoms with Crippen LogP contribution in [0.15, 0.2) is 155 Å². The van der Waals surface area contributed by atoms with Crippen molar-refractivity contribution < 1.29 is 28.7 Å². The molecule has 91 heavy (non-hydrogen) atoms. The van der Waals surface area contributed by atoms with Crippen LogP contribution in [0.3, 0.4) is 0 Å². The van der Waals surface area contributed by atoms with E-state index in [0.717, 1.165) is 44.3 Å². The van der Waals surface area contributed by atoms with Gasteiger partial charge >= 0.3 is 0 Å². The number of nitrogens with zero attached hydrogens (tertiary/aromatic N) is 10. The predicted octanol–water partition coefficient (Wildman–Crippen LogP) is 13.9. The van der Waals surface area contributed by atoms with E-state index >= 15 is 19.2 Å². The second-order valence-electron chi connectivity index (χ2n) is 24.5. The maximum atomic E-state index is 15.1. The van der Waals surface area contributed by atoms with Gasteiger partial charge in [-0.15, -0.1) is 0 Å². The minimum absolute atomic E-state index is 0.0743.